The molecule has 53 heavy (non-hydrogen) atoms. The van der Waals surface area contributed by atoms with Crippen LogP contribution < -0.4 is 10.6 Å². The Labute approximate surface area is 313 Å². The molecule has 294 valence electrons. The molecule has 3 aliphatic rings. The lowest BCUT2D eigenvalue weighted by Gasteiger charge is -2.38. The standard InChI is InChI=1S/C41H60FN3O8/c1-6-7-8-9-22-51-39(48)35-24-29-23-30(16-19-34(29)52-35)43-37(46)36-32(26-14-17-31(50-5)18-15-26)20-21-45(36)38(47)28-12-10-27(11-13-28)33(25-42)44-40(49)53-41(2,3)4/h16,19,23-24,26-28,31-33,36H,6-15,17-18,20-22,25H2,1-5H3,(H,43,46)(H,44,49)/t26?,27?,28?,31?,32-,33+,36+/m0/s1. The van der Waals surface area contributed by atoms with Gasteiger partial charge in [-0.1, -0.05) is 26.2 Å². The average molecular weight is 742 g/mol. The number of hydrogen-bond acceptors (Lipinski definition) is 8. The van der Waals surface area contributed by atoms with E-state index >= 15 is 0 Å². The highest BCUT2D eigenvalue weighted by molar-refractivity contribution is 6.00. The number of furan rings is 1. The summed E-state index contributed by atoms with van der Waals surface area (Å²) in [6.45, 7) is 7.55. The number of alkyl halides is 1. The van der Waals surface area contributed by atoms with Gasteiger partial charge in [0.2, 0.25) is 17.6 Å². The Morgan fingerprint density at radius 2 is 1.70 bits per heavy atom. The maximum atomic E-state index is 14.3. The summed E-state index contributed by atoms with van der Waals surface area (Å²) in [5, 5.41) is 6.46. The number of carbonyl (C=O) groups is 4. The van der Waals surface area contributed by atoms with E-state index in [4.69, 9.17) is 18.6 Å². The topological polar surface area (TPSA) is 136 Å². The number of nitrogens with zero attached hydrogens (tertiary/aromatic N) is 1. The molecule has 3 fully saturated rings. The van der Waals surface area contributed by atoms with Gasteiger partial charge in [0.1, 0.15) is 23.9 Å². The largest absolute Gasteiger partial charge is 0.460 e. The molecule has 2 aromatic rings. The van der Waals surface area contributed by atoms with Crippen LogP contribution in [-0.2, 0) is 23.8 Å². The van der Waals surface area contributed by atoms with Gasteiger partial charge in [-0.15, -0.1) is 0 Å². The maximum Gasteiger partial charge on any atom is 0.407 e. The van der Waals surface area contributed by atoms with Crippen LogP contribution >= 0.6 is 0 Å². The zero-order valence-electron chi connectivity index (χ0n) is 32.3. The fraction of sp³-hybridized carbons (Fsp3) is 0.707. The molecule has 2 N–H and O–H groups in total. The van der Waals surface area contributed by atoms with Crippen molar-refractivity contribution in [1.29, 1.82) is 0 Å². The van der Waals surface area contributed by atoms with Crippen LogP contribution in [0.25, 0.3) is 11.0 Å². The Morgan fingerprint density at radius 3 is 2.36 bits per heavy atom. The van der Waals surface area contributed by atoms with Gasteiger partial charge >= 0.3 is 12.1 Å². The predicted molar refractivity (Wildman–Crippen MR) is 200 cm³/mol. The van der Waals surface area contributed by atoms with Gasteiger partial charge in [-0.2, -0.15) is 0 Å². The molecule has 1 saturated heterocycles. The summed E-state index contributed by atoms with van der Waals surface area (Å²) in [6.07, 6.45) is 10.4. The Kier molecular flexibility index (Phi) is 14.2. The number of rotatable bonds is 14. The van der Waals surface area contributed by atoms with Gasteiger partial charge in [-0.05, 0) is 127 Å². The van der Waals surface area contributed by atoms with Crippen molar-refractivity contribution in [2.24, 2.45) is 23.7 Å². The van der Waals surface area contributed by atoms with Crippen molar-refractivity contribution in [3.63, 3.8) is 0 Å². The van der Waals surface area contributed by atoms with E-state index in [2.05, 4.69) is 17.6 Å². The first kappa shape index (κ1) is 40.5. The monoisotopic (exact) mass is 741 g/mol. The highest BCUT2D eigenvalue weighted by Crippen LogP contribution is 2.42. The van der Waals surface area contributed by atoms with Crippen LogP contribution in [0.1, 0.15) is 122 Å². The fourth-order valence-corrected chi connectivity index (χ4v) is 8.59. The molecule has 1 aliphatic heterocycles. The van der Waals surface area contributed by atoms with Crippen LogP contribution in [0.15, 0.2) is 28.7 Å². The lowest BCUT2D eigenvalue weighted by Crippen LogP contribution is -2.50. The Balaban J connectivity index is 1.26. The maximum absolute atomic E-state index is 14.3. The second kappa shape index (κ2) is 18.6. The zero-order valence-corrected chi connectivity index (χ0v) is 32.3. The quantitative estimate of drug-likeness (QED) is 0.146. The number of ether oxygens (including phenoxy) is 3. The Morgan fingerprint density at radius 1 is 0.962 bits per heavy atom. The summed E-state index contributed by atoms with van der Waals surface area (Å²) >= 11 is 0. The number of anilines is 1. The van der Waals surface area contributed by atoms with E-state index in [-0.39, 0.29) is 41.4 Å². The molecule has 1 aromatic heterocycles. The van der Waals surface area contributed by atoms with Gasteiger partial charge in [0, 0.05) is 30.6 Å². The average Bonchev–Trinajstić information content (AvgIpc) is 3.78. The van der Waals surface area contributed by atoms with Gasteiger partial charge in [0.25, 0.3) is 0 Å². The van der Waals surface area contributed by atoms with Crippen LogP contribution in [0.5, 0.6) is 0 Å². The predicted octanol–water partition coefficient (Wildman–Crippen LogP) is 8.20. The summed E-state index contributed by atoms with van der Waals surface area (Å²) in [5.41, 5.74) is 0.380. The number of fused-ring (bicyclic) bond motifs is 1. The second-order valence-electron chi connectivity index (χ2n) is 16.3. The number of likely N-dealkylation sites (tertiary alicyclic amines) is 1. The third kappa shape index (κ3) is 10.7. The molecule has 5 rings (SSSR count). The number of esters is 1. The molecular weight excluding hydrogens is 681 g/mol. The molecule has 0 radical (unpaired) electrons. The summed E-state index contributed by atoms with van der Waals surface area (Å²) in [5.74, 6) is -0.731. The summed E-state index contributed by atoms with van der Waals surface area (Å²) < 4.78 is 36.2. The molecule has 11 nitrogen and oxygen atoms in total. The minimum atomic E-state index is -0.709. The van der Waals surface area contributed by atoms with Crippen LogP contribution in [0.2, 0.25) is 0 Å². The van der Waals surface area contributed by atoms with Crippen molar-refractivity contribution in [2.45, 2.75) is 135 Å². The molecule has 12 heteroatoms. The van der Waals surface area contributed by atoms with E-state index in [9.17, 15) is 23.6 Å². The SMILES string of the molecule is CCCCCCOC(=O)c1cc2cc(NC(=O)[C@H]3[C@H](C4CCC(OC)CC4)CCN3C(=O)C3CCC([C@@H](CF)NC(=O)OC(C)(C)C)CC3)ccc2o1. The number of benzene rings is 1. The summed E-state index contributed by atoms with van der Waals surface area (Å²) in [6, 6.07) is 5.58. The number of halogens is 1. The molecule has 0 bridgehead atoms. The third-order valence-corrected chi connectivity index (χ3v) is 11.4. The first-order chi connectivity index (χ1) is 25.4. The fourth-order valence-electron chi connectivity index (χ4n) is 8.59. The Hall–Kier alpha value is -3.67. The van der Waals surface area contributed by atoms with Crippen LogP contribution in [0.4, 0.5) is 14.9 Å². The van der Waals surface area contributed by atoms with Crippen LogP contribution in [-0.4, -0.2) is 79.5 Å². The molecule has 2 aliphatic carbocycles. The van der Waals surface area contributed by atoms with Crippen molar-refractivity contribution in [3.05, 3.63) is 30.0 Å². The van der Waals surface area contributed by atoms with E-state index in [1.54, 1.807) is 57.0 Å². The van der Waals surface area contributed by atoms with Crippen LogP contribution in [0, 0.1) is 23.7 Å². The van der Waals surface area contributed by atoms with Crippen LogP contribution in [0.3, 0.4) is 0 Å². The molecule has 3 amide bonds. The number of unbranched alkanes of at least 4 members (excludes halogenated alkanes) is 3. The normalized spacial score (nSPS) is 25.5. The number of hydrogen-bond donors (Lipinski definition) is 2. The van der Waals surface area contributed by atoms with E-state index in [1.807, 2.05) is 0 Å². The molecule has 0 spiro atoms. The van der Waals surface area contributed by atoms with Crippen molar-refractivity contribution in [2.75, 3.05) is 32.3 Å². The number of nitrogens with one attached hydrogen (secondary N) is 2. The number of amides is 3. The first-order valence-corrected chi connectivity index (χ1v) is 19.8. The smallest absolute Gasteiger partial charge is 0.407 e. The third-order valence-electron chi connectivity index (χ3n) is 11.4. The molecular formula is C41H60FN3O8. The molecule has 3 atom stereocenters. The minimum absolute atomic E-state index is 0.0124. The van der Waals surface area contributed by atoms with Gasteiger partial charge in [-0.3, -0.25) is 9.59 Å². The lowest BCUT2D eigenvalue weighted by molar-refractivity contribution is -0.142. The minimum Gasteiger partial charge on any atom is -0.460 e. The summed E-state index contributed by atoms with van der Waals surface area (Å²) in [4.78, 5) is 55.3. The number of carbonyl (C=O) groups excluding carboxylic acids is 4. The van der Waals surface area contributed by atoms with E-state index in [1.165, 1.54) is 0 Å². The highest BCUT2D eigenvalue weighted by atomic mass is 19.1. The van der Waals surface area contributed by atoms with E-state index < -0.39 is 36.4 Å². The molecule has 2 saturated carbocycles. The lowest BCUT2D eigenvalue weighted by atomic mass is 9.75. The van der Waals surface area contributed by atoms with Gasteiger partial charge in [-0.25, -0.2) is 14.0 Å². The molecule has 0 unspecified atom stereocenters. The number of alkyl carbamates (subject to hydrolysis) is 1. The molecule has 2 heterocycles. The first-order valence-electron chi connectivity index (χ1n) is 19.8. The van der Waals surface area contributed by atoms with Crippen molar-refractivity contribution >= 4 is 40.5 Å². The van der Waals surface area contributed by atoms with Crippen molar-refractivity contribution < 1.29 is 42.2 Å². The summed E-state index contributed by atoms with van der Waals surface area (Å²) in [7, 11) is 1.74. The highest BCUT2D eigenvalue weighted by Gasteiger charge is 2.47. The van der Waals surface area contributed by atoms with E-state index in [0.717, 1.165) is 57.8 Å². The van der Waals surface area contributed by atoms with Crippen molar-refractivity contribution in [3.8, 4) is 0 Å². The Bertz CT molecular complexity index is 1540. The zero-order chi connectivity index (χ0) is 38.1. The van der Waals surface area contributed by atoms with Crippen molar-refractivity contribution in [1.82, 2.24) is 10.2 Å². The van der Waals surface area contributed by atoms with Gasteiger partial charge < -0.3 is 34.2 Å². The van der Waals surface area contributed by atoms with Gasteiger partial charge in [0.15, 0.2) is 0 Å². The van der Waals surface area contributed by atoms with Gasteiger partial charge in [0.05, 0.1) is 18.8 Å². The number of methoxy groups -OCH3 is 1. The molecule has 1 aromatic carbocycles. The van der Waals surface area contributed by atoms with E-state index in [0.29, 0.717) is 61.4 Å². The second-order valence-corrected chi connectivity index (χ2v) is 16.3.